The molecule has 0 saturated heterocycles. The van der Waals surface area contributed by atoms with Gasteiger partial charge in [-0.25, -0.2) is 5.43 Å². The van der Waals surface area contributed by atoms with Gasteiger partial charge in [0.1, 0.15) is 11.7 Å². The molecule has 0 radical (unpaired) electrons. The first kappa shape index (κ1) is 21.9. The van der Waals surface area contributed by atoms with Crippen molar-refractivity contribution in [3.8, 4) is 0 Å². The second-order valence-electron chi connectivity index (χ2n) is 7.26. The van der Waals surface area contributed by atoms with Crippen LogP contribution in [0.2, 0.25) is 5.02 Å². The Labute approximate surface area is 188 Å². The number of hydrogen-bond donors (Lipinski definition) is 2. The molecule has 1 aliphatic heterocycles. The standard InChI is InChI=1S/C24H19ClF3N3O/c25-18-11-5-7-13-20(18)31-21(15-22(30-31)24(26,27)28)23(32)29-19-12-6-4-10-17(19)14-16-8-2-1-3-9-16/h1-13,15,22,30H,14H2,(H,29,32). The second kappa shape index (κ2) is 9.06. The van der Waals surface area contributed by atoms with Gasteiger partial charge in [-0.1, -0.05) is 72.3 Å². The molecule has 164 valence electrons. The number of carbonyl (C=O) groups is 1. The Morgan fingerprint density at radius 3 is 2.34 bits per heavy atom. The number of carbonyl (C=O) groups excluding carboxylic acids is 1. The van der Waals surface area contributed by atoms with E-state index in [0.29, 0.717) is 12.1 Å². The Hall–Kier alpha value is -3.29. The number of rotatable bonds is 5. The van der Waals surface area contributed by atoms with Crippen LogP contribution < -0.4 is 15.8 Å². The SMILES string of the molecule is O=C(Nc1ccccc1Cc1ccccc1)C1=CC(C(F)(F)F)NN1c1ccccc1Cl. The van der Waals surface area contributed by atoms with E-state index >= 15 is 0 Å². The van der Waals surface area contributed by atoms with Crippen LogP contribution in [0.5, 0.6) is 0 Å². The van der Waals surface area contributed by atoms with Crippen LogP contribution in [0, 0.1) is 0 Å². The fraction of sp³-hybridized carbons (Fsp3) is 0.125. The maximum absolute atomic E-state index is 13.4. The van der Waals surface area contributed by atoms with Gasteiger partial charge in [-0.2, -0.15) is 13.2 Å². The summed E-state index contributed by atoms with van der Waals surface area (Å²) in [4.78, 5) is 13.1. The van der Waals surface area contributed by atoms with E-state index in [1.54, 1.807) is 36.4 Å². The lowest BCUT2D eigenvalue weighted by Gasteiger charge is -2.25. The van der Waals surface area contributed by atoms with Crippen molar-refractivity contribution in [2.75, 3.05) is 10.3 Å². The summed E-state index contributed by atoms with van der Waals surface area (Å²) in [6, 6.07) is 21.3. The lowest BCUT2D eigenvalue weighted by Crippen LogP contribution is -2.45. The third kappa shape index (κ3) is 4.79. The lowest BCUT2D eigenvalue weighted by atomic mass is 10.0. The third-order valence-electron chi connectivity index (χ3n) is 5.02. The van der Waals surface area contributed by atoms with E-state index in [-0.39, 0.29) is 16.4 Å². The molecule has 8 heteroatoms. The predicted octanol–water partition coefficient (Wildman–Crippen LogP) is 5.71. The van der Waals surface area contributed by atoms with Crippen molar-refractivity contribution in [3.05, 3.63) is 107 Å². The maximum atomic E-state index is 13.4. The molecule has 1 atom stereocenters. The number of anilines is 2. The molecule has 3 aromatic carbocycles. The van der Waals surface area contributed by atoms with Gasteiger partial charge < -0.3 is 5.32 Å². The van der Waals surface area contributed by atoms with Crippen LogP contribution >= 0.6 is 11.6 Å². The van der Waals surface area contributed by atoms with Crippen LogP contribution in [-0.2, 0) is 11.2 Å². The zero-order valence-corrected chi connectivity index (χ0v) is 17.5. The molecular weight excluding hydrogens is 439 g/mol. The maximum Gasteiger partial charge on any atom is 0.409 e. The quantitative estimate of drug-likeness (QED) is 0.516. The highest BCUT2D eigenvalue weighted by molar-refractivity contribution is 6.33. The van der Waals surface area contributed by atoms with E-state index in [4.69, 9.17) is 11.6 Å². The van der Waals surface area contributed by atoms with Crippen molar-refractivity contribution in [2.24, 2.45) is 0 Å². The number of hydrazine groups is 1. The molecule has 0 spiro atoms. The van der Waals surface area contributed by atoms with Gasteiger partial charge in [0.2, 0.25) is 0 Å². The minimum absolute atomic E-state index is 0.185. The second-order valence-corrected chi connectivity index (χ2v) is 7.67. The zero-order chi connectivity index (χ0) is 22.7. The molecule has 32 heavy (non-hydrogen) atoms. The molecule has 2 N–H and O–H groups in total. The van der Waals surface area contributed by atoms with Gasteiger partial charge in [-0.05, 0) is 41.8 Å². The van der Waals surface area contributed by atoms with Crippen molar-refractivity contribution >= 4 is 28.9 Å². The Morgan fingerprint density at radius 2 is 1.62 bits per heavy atom. The number of nitrogens with zero attached hydrogens (tertiary/aromatic N) is 1. The van der Waals surface area contributed by atoms with Gasteiger partial charge in [-0.3, -0.25) is 9.80 Å². The molecule has 0 aliphatic carbocycles. The largest absolute Gasteiger partial charge is 0.409 e. The van der Waals surface area contributed by atoms with E-state index in [2.05, 4.69) is 10.7 Å². The molecular formula is C24H19ClF3N3O. The van der Waals surface area contributed by atoms with Crippen LogP contribution in [0.25, 0.3) is 0 Å². The molecule has 1 amide bonds. The zero-order valence-electron chi connectivity index (χ0n) is 16.7. The van der Waals surface area contributed by atoms with Crippen molar-refractivity contribution in [1.29, 1.82) is 0 Å². The average molecular weight is 458 g/mol. The van der Waals surface area contributed by atoms with Crippen molar-refractivity contribution < 1.29 is 18.0 Å². The summed E-state index contributed by atoms with van der Waals surface area (Å²) < 4.78 is 40.3. The minimum atomic E-state index is -4.58. The summed E-state index contributed by atoms with van der Waals surface area (Å²) in [5.41, 5.74) is 4.81. The minimum Gasteiger partial charge on any atom is -0.320 e. The summed E-state index contributed by atoms with van der Waals surface area (Å²) in [6.07, 6.45) is -3.15. The highest BCUT2D eigenvalue weighted by Gasteiger charge is 2.45. The molecule has 1 unspecified atom stereocenters. The van der Waals surface area contributed by atoms with Crippen LogP contribution in [0.3, 0.4) is 0 Å². The molecule has 3 aromatic rings. The van der Waals surface area contributed by atoms with Gasteiger partial charge in [0, 0.05) is 5.69 Å². The Kier molecular flexibility index (Phi) is 6.21. The molecule has 0 saturated carbocycles. The van der Waals surface area contributed by atoms with Gasteiger partial charge in [-0.15, -0.1) is 0 Å². The summed E-state index contributed by atoms with van der Waals surface area (Å²) >= 11 is 6.19. The molecule has 0 bridgehead atoms. The summed E-state index contributed by atoms with van der Waals surface area (Å²) in [5.74, 6) is -0.676. The van der Waals surface area contributed by atoms with Gasteiger partial charge >= 0.3 is 6.18 Å². The monoisotopic (exact) mass is 457 g/mol. The first-order valence-corrected chi connectivity index (χ1v) is 10.2. The van der Waals surface area contributed by atoms with Gasteiger partial charge in [0.05, 0.1) is 10.7 Å². The average Bonchev–Trinajstić information content (AvgIpc) is 3.22. The summed E-state index contributed by atoms with van der Waals surface area (Å²) in [6.45, 7) is 0. The number of benzene rings is 3. The number of nitrogens with one attached hydrogen (secondary N) is 2. The van der Waals surface area contributed by atoms with E-state index in [1.807, 2.05) is 42.5 Å². The Morgan fingerprint density at radius 1 is 0.969 bits per heavy atom. The smallest absolute Gasteiger partial charge is 0.320 e. The first-order chi connectivity index (χ1) is 15.3. The summed E-state index contributed by atoms with van der Waals surface area (Å²) in [7, 11) is 0. The third-order valence-corrected chi connectivity index (χ3v) is 5.33. The van der Waals surface area contributed by atoms with E-state index < -0.39 is 18.1 Å². The number of halogens is 4. The van der Waals surface area contributed by atoms with Crippen LogP contribution in [-0.4, -0.2) is 18.1 Å². The highest BCUT2D eigenvalue weighted by atomic mass is 35.5. The molecule has 1 heterocycles. The van der Waals surface area contributed by atoms with Crippen molar-refractivity contribution in [2.45, 2.75) is 18.6 Å². The predicted molar refractivity (Wildman–Crippen MR) is 119 cm³/mol. The van der Waals surface area contributed by atoms with E-state index in [0.717, 1.165) is 22.2 Å². The van der Waals surface area contributed by atoms with Gasteiger partial charge in [0.25, 0.3) is 5.91 Å². The van der Waals surface area contributed by atoms with Crippen LogP contribution in [0.1, 0.15) is 11.1 Å². The van der Waals surface area contributed by atoms with Gasteiger partial charge in [0.15, 0.2) is 0 Å². The number of para-hydroxylation sites is 2. The van der Waals surface area contributed by atoms with E-state index in [9.17, 15) is 18.0 Å². The summed E-state index contributed by atoms with van der Waals surface area (Å²) in [5, 5.41) is 4.06. The molecule has 4 rings (SSSR count). The molecule has 1 aliphatic rings. The van der Waals surface area contributed by atoms with Crippen molar-refractivity contribution in [1.82, 2.24) is 5.43 Å². The fourth-order valence-electron chi connectivity index (χ4n) is 3.45. The normalized spacial score (nSPS) is 16.1. The highest BCUT2D eigenvalue weighted by Crippen LogP contribution is 2.34. The van der Waals surface area contributed by atoms with Crippen LogP contribution in [0.4, 0.5) is 24.5 Å². The van der Waals surface area contributed by atoms with Crippen LogP contribution in [0.15, 0.2) is 90.6 Å². The molecule has 0 fully saturated rings. The molecule has 4 nitrogen and oxygen atoms in total. The molecule has 0 aromatic heterocycles. The Balaban J connectivity index is 1.63. The number of alkyl halides is 3. The Bertz CT molecular complexity index is 1150. The number of amides is 1. The number of hydrogen-bond acceptors (Lipinski definition) is 3. The topological polar surface area (TPSA) is 44.4 Å². The first-order valence-electron chi connectivity index (χ1n) is 9.85. The fourth-order valence-corrected chi connectivity index (χ4v) is 3.67. The lowest BCUT2D eigenvalue weighted by molar-refractivity contribution is -0.142. The van der Waals surface area contributed by atoms with Crippen molar-refractivity contribution in [3.63, 3.8) is 0 Å². The van der Waals surface area contributed by atoms with E-state index in [1.165, 1.54) is 0 Å².